The third-order valence-corrected chi connectivity index (χ3v) is 8.53. The number of carbonyl (C=O) groups excluding carboxylic acids is 1. The number of carbonyl (C=O) groups is 1. The number of urea groups is 1. The largest absolute Gasteiger partial charge is 0.352 e. The number of nitrogens with zero attached hydrogens (tertiary/aromatic N) is 4. The topological polar surface area (TPSA) is 61.4 Å². The van der Waals surface area contributed by atoms with Gasteiger partial charge < -0.3 is 15.1 Å². The Bertz CT molecular complexity index is 1600. The zero-order valence-corrected chi connectivity index (χ0v) is 22.6. The van der Waals surface area contributed by atoms with Gasteiger partial charge in [-0.2, -0.15) is 0 Å². The molecular formula is C31H31N5OS. The summed E-state index contributed by atoms with van der Waals surface area (Å²) in [6.45, 7) is 7.08. The second kappa shape index (κ2) is 10.4. The first kappa shape index (κ1) is 24.4. The number of fused-ring (bicyclic) bond motifs is 2. The van der Waals surface area contributed by atoms with E-state index in [1.54, 1.807) is 11.3 Å². The molecule has 2 aromatic heterocycles. The first-order valence-corrected chi connectivity index (χ1v) is 14.0. The summed E-state index contributed by atoms with van der Waals surface area (Å²) >= 11 is 1.75. The number of rotatable bonds is 5. The van der Waals surface area contributed by atoms with E-state index in [0.29, 0.717) is 13.1 Å². The predicted octanol–water partition coefficient (Wildman–Crippen LogP) is 6.60. The summed E-state index contributed by atoms with van der Waals surface area (Å²) in [6.07, 6.45) is 1.72. The average molecular weight is 522 g/mol. The van der Waals surface area contributed by atoms with E-state index in [1.807, 2.05) is 41.3 Å². The minimum atomic E-state index is -0.0556. The highest BCUT2D eigenvalue weighted by atomic mass is 32.1. The molecule has 6 nitrogen and oxygen atoms in total. The monoisotopic (exact) mass is 521 g/mol. The molecule has 0 spiro atoms. The number of anilines is 2. The summed E-state index contributed by atoms with van der Waals surface area (Å²) < 4.78 is 0. The second-order valence-corrected chi connectivity index (χ2v) is 11.0. The van der Waals surface area contributed by atoms with Crippen LogP contribution >= 0.6 is 11.3 Å². The van der Waals surface area contributed by atoms with Crippen molar-refractivity contribution in [2.24, 2.45) is 0 Å². The molecule has 0 saturated carbocycles. The van der Waals surface area contributed by atoms with Gasteiger partial charge in [0, 0.05) is 42.9 Å². The van der Waals surface area contributed by atoms with Crippen molar-refractivity contribution in [2.75, 3.05) is 36.4 Å². The van der Waals surface area contributed by atoms with Crippen molar-refractivity contribution < 1.29 is 4.79 Å². The maximum absolute atomic E-state index is 13.2. The number of aromatic nitrogens is 2. The van der Waals surface area contributed by atoms with E-state index in [9.17, 15) is 4.79 Å². The van der Waals surface area contributed by atoms with E-state index in [4.69, 9.17) is 9.97 Å². The van der Waals surface area contributed by atoms with Crippen LogP contribution in [0.25, 0.3) is 21.0 Å². The lowest BCUT2D eigenvalue weighted by Crippen LogP contribution is -2.50. The van der Waals surface area contributed by atoms with Gasteiger partial charge in [0.1, 0.15) is 16.5 Å². The molecule has 0 aliphatic carbocycles. The van der Waals surface area contributed by atoms with Gasteiger partial charge in [-0.05, 0) is 42.8 Å². The zero-order chi connectivity index (χ0) is 26.1. The summed E-state index contributed by atoms with van der Waals surface area (Å²) in [6, 6.07) is 24.6. The van der Waals surface area contributed by atoms with Crippen LogP contribution in [0.2, 0.25) is 0 Å². The van der Waals surface area contributed by atoms with E-state index in [-0.39, 0.29) is 6.03 Å². The molecular weight excluding hydrogens is 490 g/mol. The number of nitrogens with one attached hydrogen (secondary N) is 1. The lowest BCUT2D eigenvalue weighted by molar-refractivity contribution is 0.208. The Hall–Kier alpha value is -3.97. The molecule has 1 aliphatic rings. The number of hydrogen-bond acceptors (Lipinski definition) is 5. The maximum atomic E-state index is 13.2. The van der Waals surface area contributed by atoms with E-state index in [0.717, 1.165) is 64.2 Å². The smallest absolute Gasteiger partial charge is 0.321 e. The summed E-state index contributed by atoms with van der Waals surface area (Å²) in [5.41, 5.74) is 3.40. The fourth-order valence-corrected chi connectivity index (χ4v) is 6.21. The molecule has 7 heteroatoms. The Kier molecular flexibility index (Phi) is 6.68. The number of benzene rings is 3. The first-order chi connectivity index (χ1) is 18.6. The fraction of sp³-hybridized carbons (Fsp3) is 0.258. The van der Waals surface area contributed by atoms with Crippen LogP contribution in [0.5, 0.6) is 0 Å². The number of thiophene rings is 1. The Morgan fingerprint density at radius 3 is 2.42 bits per heavy atom. The molecule has 1 N–H and O–H groups in total. The van der Waals surface area contributed by atoms with Crippen LogP contribution < -0.4 is 10.2 Å². The van der Waals surface area contributed by atoms with Crippen LogP contribution in [0.3, 0.4) is 0 Å². The Labute approximate surface area is 226 Å². The molecule has 2 amide bonds. The van der Waals surface area contributed by atoms with Crippen molar-refractivity contribution in [1.82, 2.24) is 14.9 Å². The van der Waals surface area contributed by atoms with Gasteiger partial charge in [0.05, 0.1) is 11.1 Å². The summed E-state index contributed by atoms with van der Waals surface area (Å²) in [5, 5.41) is 6.46. The van der Waals surface area contributed by atoms with Gasteiger partial charge in [-0.15, -0.1) is 11.3 Å². The average Bonchev–Trinajstić information content (AvgIpc) is 3.25. The Balaban J connectivity index is 1.19. The van der Waals surface area contributed by atoms with E-state index in [2.05, 4.69) is 60.5 Å². The van der Waals surface area contributed by atoms with E-state index >= 15 is 0 Å². The standard InChI is InChI=1S/C31H31N5OS/c1-21-22(2)38-30-28(21)29(33-27(34-30)16-15-23-9-4-3-5-10-23)35-17-19-36(20-18-35)31(37)32-26-14-8-12-24-11-6-7-13-25(24)26/h3-14H,15-20H2,1-2H3,(H,32,37). The van der Waals surface area contributed by atoms with E-state index in [1.165, 1.54) is 16.0 Å². The Morgan fingerprint density at radius 1 is 0.868 bits per heavy atom. The molecule has 1 saturated heterocycles. The molecule has 0 atom stereocenters. The summed E-state index contributed by atoms with van der Waals surface area (Å²) in [4.78, 5) is 29.8. The molecule has 1 fully saturated rings. The molecule has 3 heterocycles. The third-order valence-electron chi connectivity index (χ3n) is 7.43. The van der Waals surface area contributed by atoms with Crippen LogP contribution in [-0.4, -0.2) is 47.1 Å². The summed E-state index contributed by atoms with van der Waals surface area (Å²) in [5.74, 6) is 1.89. The number of piperazine rings is 1. The van der Waals surface area contributed by atoms with Crippen LogP contribution in [0.4, 0.5) is 16.3 Å². The highest BCUT2D eigenvalue weighted by Crippen LogP contribution is 2.35. The van der Waals surface area contributed by atoms with Crippen LogP contribution in [0, 0.1) is 13.8 Å². The van der Waals surface area contributed by atoms with Gasteiger partial charge in [-0.25, -0.2) is 14.8 Å². The predicted molar refractivity (Wildman–Crippen MR) is 157 cm³/mol. The Morgan fingerprint density at radius 2 is 1.61 bits per heavy atom. The summed E-state index contributed by atoms with van der Waals surface area (Å²) in [7, 11) is 0. The van der Waals surface area contributed by atoms with Crippen molar-refractivity contribution >= 4 is 49.9 Å². The van der Waals surface area contributed by atoms with Crippen molar-refractivity contribution in [1.29, 1.82) is 0 Å². The molecule has 0 radical (unpaired) electrons. The lowest BCUT2D eigenvalue weighted by atomic mass is 10.1. The minimum Gasteiger partial charge on any atom is -0.352 e. The van der Waals surface area contributed by atoms with Crippen molar-refractivity contribution in [3.05, 3.63) is 94.6 Å². The molecule has 38 heavy (non-hydrogen) atoms. The number of hydrogen-bond donors (Lipinski definition) is 1. The molecule has 0 bridgehead atoms. The van der Waals surface area contributed by atoms with Gasteiger partial charge in [0.15, 0.2) is 0 Å². The first-order valence-electron chi connectivity index (χ1n) is 13.2. The van der Waals surface area contributed by atoms with Crippen molar-refractivity contribution in [2.45, 2.75) is 26.7 Å². The van der Waals surface area contributed by atoms with E-state index < -0.39 is 0 Å². The highest BCUT2D eigenvalue weighted by molar-refractivity contribution is 7.18. The van der Waals surface area contributed by atoms with Crippen LogP contribution in [-0.2, 0) is 12.8 Å². The fourth-order valence-electron chi connectivity index (χ4n) is 5.16. The second-order valence-electron chi connectivity index (χ2n) is 9.84. The van der Waals surface area contributed by atoms with Crippen LogP contribution in [0.15, 0.2) is 72.8 Å². The SMILES string of the molecule is Cc1sc2nc(CCc3ccccc3)nc(N3CCN(C(=O)Nc4cccc5ccccc45)CC3)c2c1C. The van der Waals surface area contributed by atoms with Crippen molar-refractivity contribution in [3.8, 4) is 0 Å². The lowest BCUT2D eigenvalue weighted by Gasteiger charge is -2.36. The molecule has 192 valence electrons. The molecule has 5 aromatic rings. The van der Waals surface area contributed by atoms with Gasteiger partial charge in [0.2, 0.25) is 0 Å². The number of amides is 2. The quantitative estimate of drug-likeness (QED) is 0.283. The van der Waals surface area contributed by atoms with Crippen molar-refractivity contribution in [3.63, 3.8) is 0 Å². The maximum Gasteiger partial charge on any atom is 0.321 e. The molecule has 6 rings (SSSR count). The number of aryl methyl sites for hydroxylation is 4. The van der Waals surface area contributed by atoms with Gasteiger partial charge >= 0.3 is 6.03 Å². The normalized spacial score (nSPS) is 13.8. The highest BCUT2D eigenvalue weighted by Gasteiger charge is 2.25. The van der Waals surface area contributed by atoms with Gasteiger partial charge in [-0.1, -0.05) is 66.7 Å². The van der Waals surface area contributed by atoms with Gasteiger partial charge in [-0.3, -0.25) is 0 Å². The third kappa shape index (κ3) is 4.82. The molecule has 0 unspecified atom stereocenters. The molecule has 3 aromatic carbocycles. The van der Waals surface area contributed by atoms with Crippen LogP contribution in [0.1, 0.15) is 21.8 Å². The zero-order valence-electron chi connectivity index (χ0n) is 21.8. The van der Waals surface area contributed by atoms with Gasteiger partial charge in [0.25, 0.3) is 0 Å². The minimum absolute atomic E-state index is 0.0556. The molecule has 1 aliphatic heterocycles.